The quantitative estimate of drug-likeness (QED) is 0.686. The van der Waals surface area contributed by atoms with E-state index in [2.05, 4.69) is 10.4 Å². The van der Waals surface area contributed by atoms with Gasteiger partial charge >= 0.3 is 5.97 Å². The summed E-state index contributed by atoms with van der Waals surface area (Å²) in [6.07, 6.45) is 7.20. The molecule has 2 aromatic rings. The number of hydrogen-bond acceptors (Lipinski definition) is 5. The summed E-state index contributed by atoms with van der Waals surface area (Å²) in [4.78, 5) is 24.9. The number of anilines is 2. The molecule has 4 fully saturated rings. The van der Waals surface area contributed by atoms with E-state index in [4.69, 9.17) is 16.3 Å². The maximum Gasteiger partial charge on any atom is 0.303 e. The first kappa shape index (κ1) is 20.4. The van der Waals surface area contributed by atoms with Crippen molar-refractivity contribution in [2.24, 2.45) is 17.3 Å². The molecule has 0 saturated heterocycles. The fourth-order valence-electron chi connectivity index (χ4n) is 6.89. The maximum absolute atomic E-state index is 13.3. The van der Waals surface area contributed by atoms with Crippen molar-refractivity contribution in [3.05, 3.63) is 45.8 Å². The minimum Gasteiger partial charge on any atom is -0.497 e. The van der Waals surface area contributed by atoms with Gasteiger partial charge in [0.15, 0.2) is 0 Å². The lowest BCUT2D eigenvalue weighted by Gasteiger charge is -2.61. The molecule has 0 radical (unpaired) electrons. The third-order valence-electron chi connectivity index (χ3n) is 7.39. The molecule has 0 amide bonds. The van der Waals surface area contributed by atoms with E-state index in [1.807, 2.05) is 24.3 Å². The van der Waals surface area contributed by atoms with E-state index in [1.54, 1.807) is 18.0 Å². The zero-order valence-corrected chi connectivity index (χ0v) is 18.2. The molecular weight excluding hydrogens is 418 g/mol. The highest BCUT2D eigenvalue weighted by Crippen LogP contribution is 2.65. The van der Waals surface area contributed by atoms with Gasteiger partial charge in [-0.25, -0.2) is 4.68 Å². The van der Waals surface area contributed by atoms with Gasteiger partial charge in [-0.15, -0.1) is 0 Å². The number of rotatable bonds is 6. The van der Waals surface area contributed by atoms with E-state index >= 15 is 0 Å². The number of carboxylic acid groups (broad SMARTS) is 1. The lowest BCUT2D eigenvalue weighted by Crippen LogP contribution is -2.59. The molecule has 7 nitrogen and oxygen atoms in total. The van der Waals surface area contributed by atoms with Crippen LogP contribution >= 0.6 is 11.6 Å². The van der Waals surface area contributed by atoms with Crippen LogP contribution in [0.4, 0.5) is 11.4 Å². The second kappa shape index (κ2) is 7.26. The van der Waals surface area contributed by atoms with Gasteiger partial charge in [-0.1, -0.05) is 17.7 Å². The van der Waals surface area contributed by atoms with Gasteiger partial charge in [-0.3, -0.25) is 9.59 Å². The lowest BCUT2D eigenvalue weighted by atomic mass is 9.46. The molecule has 164 valence electrons. The van der Waals surface area contributed by atoms with Gasteiger partial charge in [-0.2, -0.15) is 5.10 Å². The van der Waals surface area contributed by atoms with E-state index < -0.39 is 11.5 Å². The van der Waals surface area contributed by atoms with Gasteiger partial charge in [0.05, 0.1) is 31.0 Å². The van der Waals surface area contributed by atoms with E-state index in [9.17, 15) is 14.7 Å². The van der Waals surface area contributed by atoms with Crippen molar-refractivity contribution in [1.82, 2.24) is 9.78 Å². The molecule has 1 aromatic carbocycles. The molecule has 4 saturated carbocycles. The highest BCUT2D eigenvalue weighted by molar-refractivity contribution is 6.33. The van der Waals surface area contributed by atoms with Gasteiger partial charge in [0.25, 0.3) is 5.56 Å². The van der Waals surface area contributed by atoms with Gasteiger partial charge in [-0.05, 0) is 67.9 Å². The second-order valence-corrected chi connectivity index (χ2v) is 10.1. The zero-order valence-electron chi connectivity index (χ0n) is 17.4. The monoisotopic (exact) mass is 443 g/mol. The fraction of sp³-hybridized carbons (Fsp3) is 0.522. The Labute approximate surface area is 185 Å². The molecule has 6 rings (SSSR count). The topological polar surface area (TPSA) is 93.4 Å². The minimum absolute atomic E-state index is 0.0980. The van der Waals surface area contributed by atoms with Crippen LogP contribution in [-0.2, 0) is 10.3 Å². The first-order valence-corrected chi connectivity index (χ1v) is 11.1. The van der Waals surface area contributed by atoms with Crippen molar-refractivity contribution in [2.75, 3.05) is 12.4 Å². The minimum atomic E-state index is -0.756. The number of halogens is 1. The van der Waals surface area contributed by atoms with Gasteiger partial charge in [0, 0.05) is 11.8 Å². The van der Waals surface area contributed by atoms with Crippen LogP contribution in [0.1, 0.15) is 44.9 Å². The van der Waals surface area contributed by atoms with Crippen LogP contribution in [0.5, 0.6) is 5.75 Å². The first-order chi connectivity index (χ1) is 14.8. The van der Waals surface area contributed by atoms with Crippen molar-refractivity contribution in [3.63, 3.8) is 0 Å². The summed E-state index contributed by atoms with van der Waals surface area (Å²) in [5.41, 5.74) is 0.203. The third kappa shape index (κ3) is 3.49. The van der Waals surface area contributed by atoms with Crippen LogP contribution < -0.4 is 15.6 Å². The Kier molecular flexibility index (Phi) is 4.77. The molecule has 4 aliphatic rings. The Balaban J connectivity index is 1.49. The fourth-order valence-corrected chi connectivity index (χ4v) is 7.07. The standard InChI is InChI=1S/C23H26ClN3O4/c1-31-17-4-2-3-16(6-17)26-18-12-25-27(21(30)20(18)24)23-9-14-5-15(10-23)8-22(7-14,13-23)11-19(28)29/h2-4,6,12,14-15,26H,5,7-11,13H2,1H3,(H,28,29). The molecule has 2 N–H and O–H groups in total. The Hall–Kier alpha value is -2.54. The SMILES string of the molecule is COc1cccc(Nc2cnn(C34CC5CC(CC(CC(=O)O)(C5)C3)C4)c(=O)c2Cl)c1. The first-order valence-electron chi connectivity index (χ1n) is 10.7. The number of ether oxygens (including phenoxy) is 1. The Morgan fingerprint density at radius 1 is 1.32 bits per heavy atom. The van der Waals surface area contributed by atoms with Crippen LogP contribution in [0.3, 0.4) is 0 Å². The summed E-state index contributed by atoms with van der Waals surface area (Å²) in [7, 11) is 1.59. The van der Waals surface area contributed by atoms with Crippen LogP contribution in [-0.4, -0.2) is 28.0 Å². The summed E-state index contributed by atoms with van der Waals surface area (Å²) in [5.74, 6) is 0.832. The molecule has 8 heteroatoms. The number of nitrogens with one attached hydrogen (secondary N) is 1. The summed E-state index contributed by atoms with van der Waals surface area (Å²) in [5, 5.41) is 17.3. The van der Waals surface area contributed by atoms with Crippen molar-refractivity contribution < 1.29 is 14.6 Å². The largest absolute Gasteiger partial charge is 0.497 e. The van der Waals surface area contributed by atoms with Crippen LogP contribution in [0, 0.1) is 17.3 Å². The number of hydrogen-bond donors (Lipinski definition) is 2. The van der Waals surface area contributed by atoms with Crippen molar-refractivity contribution in [1.29, 1.82) is 0 Å². The summed E-state index contributed by atoms with van der Waals surface area (Å²) >= 11 is 6.52. The average molecular weight is 444 g/mol. The van der Waals surface area contributed by atoms with E-state index in [0.717, 1.165) is 37.8 Å². The molecule has 4 aliphatic carbocycles. The Bertz CT molecular complexity index is 1080. The zero-order chi connectivity index (χ0) is 21.8. The van der Waals surface area contributed by atoms with Crippen molar-refractivity contribution >= 4 is 28.9 Å². The number of aromatic nitrogens is 2. The maximum atomic E-state index is 13.3. The van der Waals surface area contributed by atoms with Gasteiger partial charge in [0.1, 0.15) is 10.8 Å². The van der Waals surface area contributed by atoms with E-state index in [1.165, 1.54) is 0 Å². The molecule has 1 aromatic heterocycles. The number of carbonyl (C=O) groups is 1. The lowest BCUT2D eigenvalue weighted by molar-refractivity contribution is -0.151. The molecule has 0 spiro atoms. The number of aliphatic carboxylic acids is 1. The second-order valence-electron chi connectivity index (χ2n) is 9.70. The number of carboxylic acids is 1. The molecule has 0 aliphatic heterocycles. The van der Waals surface area contributed by atoms with Gasteiger partial charge < -0.3 is 15.2 Å². The highest BCUT2D eigenvalue weighted by atomic mass is 35.5. The number of methoxy groups -OCH3 is 1. The Morgan fingerprint density at radius 3 is 2.74 bits per heavy atom. The van der Waals surface area contributed by atoms with Gasteiger partial charge in [0.2, 0.25) is 0 Å². The normalized spacial score (nSPS) is 30.9. The average Bonchev–Trinajstić information content (AvgIpc) is 2.69. The molecule has 2 atom stereocenters. The molecular formula is C23H26ClN3O4. The van der Waals surface area contributed by atoms with Crippen molar-refractivity contribution in [2.45, 2.75) is 50.5 Å². The van der Waals surface area contributed by atoms with Crippen LogP contribution in [0.25, 0.3) is 0 Å². The summed E-state index contributed by atoms with van der Waals surface area (Å²) < 4.78 is 6.81. The van der Waals surface area contributed by atoms with Crippen LogP contribution in [0.15, 0.2) is 35.3 Å². The van der Waals surface area contributed by atoms with Crippen molar-refractivity contribution in [3.8, 4) is 5.75 Å². The summed E-state index contributed by atoms with van der Waals surface area (Å²) in [6.45, 7) is 0. The van der Waals surface area contributed by atoms with E-state index in [-0.39, 0.29) is 22.4 Å². The Morgan fingerprint density at radius 2 is 2.06 bits per heavy atom. The summed E-state index contributed by atoms with van der Waals surface area (Å²) in [6, 6.07) is 7.36. The number of benzene rings is 1. The predicted molar refractivity (Wildman–Crippen MR) is 117 cm³/mol. The van der Waals surface area contributed by atoms with Crippen LogP contribution in [0.2, 0.25) is 5.02 Å². The highest BCUT2D eigenvalue weighted by Gasteiger charge is 2.59. The van der Waals surface area contributed by atoms with E-state index in [0.29, 0.717) is 29.7 Å². The molecule has 4 bridgehead atoms. The predicted octanol–water partition coefficient (Wildman–Crippen LogP) is 4.42. The third-order valence-corrected chi connectivity index (χ3v) is 7.76. The number of nitrogens with zero attached hydrogens (tertiary/aromatic N) is 2. The molecule has 2 unspecified atom stereocenters. The molecule has 31 heavy (non-hydrogen) atoms. The smallest absolute Gasteiger partial charge is 0.303 e. The molecule has 1 heterocycles.